The molecule has 0 aromatic rings. The van der Waals surface area contributed by atoms with Crippen molar-refractivity contribution in [1.29, 1.82) is 0 Å². The molecule has 12 nitrogen and oxygen atoms in total. The molecule has 136 valence electrons. The molecule has 3 unspecified atom stereocenters. The SMILES string of the molecule is CC(NC(=O)C(CO)NC(=O)CN)C(=O)NC(CC(=O)O)C(=O)O. The maximum absolute atomic E-state index is 11.8. The Kier molecular flexibility index (Phi) is 8.97. The quantitative estimate of drug-likeness (QED) is 0.205. The van der Waals surface area contributed by atoms with Crippen molar-refractivity contribution in [3.8, 4) is 0 Å². The standard InChI is InChI=1S/C12H20N4O8/c1-5(10(21)16-6(12(23)24)2-9(19)20)14-11(22)7(4-17)15-8(18)3-13/h5-7,17H,2-4,13H2,1H3,(H,14,22)(H,15,18)(H,16,21)(H,19,20)(H,23,24). The third kappa shape index (κ3) is 7.51. The number of rotatable bonds is 10. The molecule has 0 aliphatic carbocycles. The minimum absolute atomic E-state index is 0.407. The van der Waals surface area contributed by atoms with E-state index in [1.807, 2.05) is 5.32 Å². The van der Waals surface area contributed by atoms with Gasteiger partial charge in [-0.2, -0.15) is 0 Å². The van der Waals surface area contributed by atoms with Crippen LogP contribution in [0.1, 0.15) is 13.3 Å². The number of carboxylic acids is 2. The summed E-state index contributed by atoms with van der Waals surface area (Å²) in [4.78, 5) is 56.1. The summed E-state index contributed by atoms with van der Waals surface area (Å²) < 4.78 is 0. The van der Waals surface area contributed by atoms with Crippen molar-refractivity contribution in [2.75, 3.05) is 13.2 Å². The zero-order valence-corrected chi connectivity index (χ0v) is 12.8. The van der Waals surface area contributed by atoms with Gasteiger partial charge in [0, 0.05) is 0 Å². The van der Waals surface area contributed by atoms with Crippen LogP contribution in [0.15, 0.2) is 0 Å². The zero-order valence-electron chi connectivity index (χ0n) is 12.8. The summed E-state index contributed by atoms with van der Waals surface area (Å²) in [6.45, 7) is 0.0596. The van der Waals surface area contributed by atoms with E-state index >= 15 is 0 Å². The Hall–Kier alpha value is -2.73. The first-order valence-corrected chi connectivity index (χ1v) is 6.78. The Labute approximate surface area is 136 Å². The third-order valence-electron chi connectivity index (χ3n) is 2.77. The van der Waals surface area contributed by atoms with Crippen LogP contribution in [0.3, 0.4) is 0 Å². The molecule has 0 spiro atoms. The van der Waals surface area contributed by atoms with Gasteiger partial charge in [0.15, 0.2) is 0 Å². The molecule has 3 amide bonds. The predicted octanol–water partition coefficient (Wildman–Crippen LogP) is -4.03. The van der Waals surface area contributed by atoms with Crippen LogP contribution in [0.4, 0.5) is 0 Å². The smallest absolute Gasteiger partial charge is 0.326 e. The summed E-state index contributed by atoms with van der Waals surface area (Å²) in [6.07, 6.45) is -0.840. The van der Waals surface area contributed by atoms with Crippen LogP contribution in [0.2, 0.25) is 0 Å². The molecule has 0 saturated heterocycles. The van der Waals surface area contributed by atoms with Gasteiger partial charge in [0.2, 0.25) is 17.7 Å². The summed E-state index contributed by atoms with van der Waals surface area (Å²) in [5.74, 6) is -5.52. The highest BCUT2D eigenvalue weighted by Crippen LogP contribution is 1.95. The molecule has 0 fully saturated rings. The van der Waals surface area contributed by atoms with Crippen molar-refractivity contribution in [3.05, 3.63) is 0 Å². The molecule has 0 bridgehead atoms. The van der Waals surface area contributed by atoms with E-state index in [1.165, 1.54) is 6.92 Å². The molecule has 0 aliphatic heterocycles. The van der Waals surface area contributed by atoms with Crippen molar-refractivity contribution >= 4 is 29.7 Å². The van der Waals surface area contributed by atoms with E-state index in [0.717, 1.165) is 0 Å². The summed E-state index contributed by atoms with van der Waals surface area (Å²) in [7, 11) is 0. The van der Waals surface area contributed by atoms with Gasteiger partial charge >= 0.3 is 11.9 Å². The van der Waals surface area contributed by atoms with Crippen LogP contribution in [0.5, 0.6) is 0 Å². The topological polar surface area (TPSA) is 208 Å². The van der Waals surface area contributed by atoms with Gasteiger partial charge in [0.1, 0.15) is 18.1 Å². The molecule has 0 aromatic carbocycles. The fraction of sp³-hybridized carbons (Fsp3) is 0.583. The van der Waals surface area contributed by atoms with E-state index in [9.17, 15) is 24.0 Å². The van der Waals surface area contributed by atoms with E-state index in [2.05, 4.69) is 10.6 Å². The maximum Gasteiger partial charge on any atom is 0.326 e. The Bertz CT molecular complexity index is 509. The number of amides is 3. The number of hydrogen-bond acceptors (Lipinski definition) is 7. The molecule has 24 heavy (non-hydrogen) atoms. The number of aliphatic hydroxyl groups is 1. The summed E-state index contributed by atoms with van der Waals surface area (Å²) in [6, 6.07) is -4.25. The minimum atomic E-state index is -1.67. The molecule has 12 heteroatoms. The lowest BCUT2D eigenvalue weighted by Gasteiger charge is -2.20. The molecular formula is C12H20N4O8. The second-order valence-corrected chi connectivity index (χ2v) is 4.73. The number of nitrogens with one attached hydrogen (secondary N) is 3. The average Bonchev–Trinajstić information content (AvgIpc) is 2.50. The van der Waals surface area contributed by atoms with E-state index < -0.39 is 67.4 Å². The normalized spacial score (nSPS) is 14.0. The molecule has 0 radical (unpaired) electrons. The predicted molar refractivity (Wildman–Crippen MR) is 77.5 cm³/mol. The number of hydrogen-bond donors (Lipinski definition) is 7. The molecule has 3 atom stereocenters. The van der Waals surface area contributed by atoms with Gasteiger partial charge in [-0.3, -0.25) is 19.2 Å². The highest BCUT2D eigenvalue weighted by Gasteiger charge is 2.27. The largest absolute Gasteiger partial charge is 0.481 e. The molecule has 8 N–H and O–H groups in total. The monoisotopic (exact) mass is 348 g/mol. The Morgan fingerprint density at radius 1 is 0.958 bits per heavy atom. The molecule has 0 aromatic heterocycles. The van der Waals surface area contributed by atoms with Gasteiger partial charge in [-0.1, -0.05) is 0 Å². The second kappa shape index (κ2) is 10.1. The minimum Gasteiger partial charge on any atom is -0.481 e. The van der Waals surface area contributed by atoms with Crippen LogP contribution >= 0.6 is 0 Å². The first kappa shape index (κ1) is 21.3. The lowest BCUT2D eigenvalue weighted by atomic mass is 10.2. The van der Waals surface area contributed by atoms with Crippen molar-refractivity contribution in [2.24, 2.45) is 5.73 Å². The third-order valence-corrected chi connectivity index (χ3v) is 2.77. The summed E-state index contributed by atoms with van der Waals surface area (Å²) in [5.41, 5.74) is 5.05. The Morgan fingerprint density at radius 3 is 1.96 bits per heavy atom. The average molecular weight is 348 g/mol. The van der Waals surface area contributed by atoms with E-state index in [1.54, 1.807) is 0 Å². The zero-order chi connectivity index (χ0) is 18.9. The number of carbonyl (C=O) groups is 5. The number of nitrogens with two attached hydrogens (primary N) is 1. The Balaban J connectivity index is 4.71. The van der Waals surface area contributed by atoms with E-state index in [4.69, 9.17) is 21.1 Å². The van der Waals surface area contributed by atoms with Gasteiger partial charge in [0.25, 0.3) is 0 Å². The number of aliphatic carboxylic acids is 2. The summed E-state index contributed by atoms with van der Waals surface area (Å²) >= 11 is 0. The fourth-order valence-corrected chi connectivity index (χ4v) is 1.50. The van der Waals surface area contributed by atoms with Crippen LogP contribution < -0.4 is 21.7 Å². The molecule has 0 heterocycles. The van der Waals surface area contributed by atoms with E-state index in [-0.39, 0.29) is 0 Å². The lowest BCUT2D eigenvalue weighted by molar-refractivity contribution is -0.147. The van der Waals surface area contributed by atoms with Crippen LogP contribution in [-0.2, 0) is 24.0 Å². The molecular weight excluding hydrogens is 328 g/mol. The van der Waals surface area contributed by atoms with Gasteiger partial charge in [-0.05, 0) is 6.92 Å². The number of carboxylic acid groups (broad SMARTS) is 2. The number of carbonyl (C=O) groups excluding carboxylic acids is 3. The van der Waals surface area contributed by atoms with Crippen LogP contribution in [0.25, 0.3) is 0 Å². The van der Waals surface area contributed by atoms with Gasteiger partial charge in [-0.25, -0.2) is 4.79 Å². The van der Waals surface area contributed by atoms with Crippen molar-refractivity contribution in [1.82, 2.24) is 16.0 Å². The lowest BCUT2D eigenvalue weighted by Crippen LogP contribution is -2.56. The van der Waals surface area contributed by atoms with Crippen molar-refractivity contribution in [2.45, 2.75) is 31.5 Å². The van der Waals surface area contributed by atoms with Gasteiger partial charge in [0.05, 0.1) is 19.6 Å². The second-order valence-electron chi connectivity index (χ2n) is 4.73. The molecule has 0 rings (SSSR count). The maximum atomic E-state index is 11.8. The highest BCUT2D eigenvalue weighted by molar-refractivity contribution is 5.94. The van der Waals surface area contributed by atoms with Crippen molar-refractivity contribution in [3.63, 3.8) is 0 Å². The first-order chi connectivity index (χ1) is 11.1. The van der Waals surface area contributed by atoms with Crippen LogP contribution in [0, 0.1) is 0 Å². The fourth-order valence-electron chi connectivity index (χ4n) is 1.50. The first-order valence-electron chi connectivity index (χ1n) is 6.78. The summed E-state index contributed by atoms with van der Waals surface area (Å²) in [5, 5.41) is 32.7. The van der Waals surface area contributed by atoms with Gasteiger partial charge in [-0.15, -0.1) is 0 Å². The Morgan fingerprint density at radius 2 is 1.54 bits per heavy atom. The van der Waals surface area contributed by atoms with Crippen molar-refractivity contribution < 1.29 is 39.3 Å². The molecule has 0 saturated carbocycles. The highest BCUT2D eigenvalue weighted by atomic mass is 16.4. The van der Waals surface area contributed by atoms with E-state index in [0.29, 0.717) is 0 Å². The molecule has 0 aliphatic rings. The van der Waals surface area contributed by atoms with Crippen LogP contribution in [-0.4, -0.2) is 76.3 Å². The van der Waals surface area contributed by atoms with Gasteiger partial charge < -0.3 is 37.0 Å². The number of aliphatic hydroxyl groups excluding tert-OH is 1.